The van der Waals surface area contributed by atoms with Gasteiger partial charge in [0.2, 0.25) is 0 Å². The molecule has 0 radical (unpaired) electrons. The summed E-state index contributed by atoms with van der Waals surface area (Å²) in [5.41, 5.74) is 1.48. The third kappa shape index (κ3) is 7.14. The minimum Gasteiger partial charge on any atom is -0.493 e. The molecule has 3 N–H and O–H groups in total. The van der Waals surface area contributed by atoms with Gasteiger partial charge >= 0.3 is 0 Å². The molecule has 0 aliphatic heterocycles. The van der Waals surface area contributed by atoms with Crippen molar-refractivity contribution in [3.8, 4) is 5.75 Å². The first-order valence-electron chi connectivity index (χ1n) is 9.25. The molecule has 154 valence electrons. The van der Waals surface area contributed by atoms with Gasteiger partial charge in [0.15, 0.2) is 5.11 Å². The fraction of sp³-hybridized carbons (Fsp3) is 0.286. The fourth-order valence-corrected chi connectivity index (χ4v) is 3.01. The fourth-order valence-electron chi connectivity index (χ4n) is 2.43. The highest BCUT2D eigenvalue weighted by atomic mass is 79.9. The van der Waals surface area contributed by atoms with Gasteiger partial charge in [-0.2, -0.15) is 0 Å². The number of carbonyl (C=O) groups is 2. The Morgan fingerprint density at radius 3 is 2.59 bits per heavy atom. The van der Waals surface area contributed by atoms with Crippen LogP contribution < -0.4 is 20.7 Å². The smallest absolute Gasteiger partial charge is 0.261 e. The van der Waals surface area contributed by atoms with Gasteiger partial charge in [-0.25, -0.2) is 0 Å². The summed E-state index contributed by atoms with van der Waals surface area (Å²) < 4.78 is 6.40. The summed E-state index contributed by atoms with van der Waals surface area (Å²) in [5.74, 6) is -0.0724. The first kappa shape index (κ1) is 22.8. The molecule has 2 amide bonds. The van der Waals surface area contributed by atoms with Crippen molar-refractivity contribution in [3.63, 3.8) is 0 Å². The Balaban J connectivity index is 2.07. The second kappa shape index (κ2) is 10.9. The van der Waals surface area contributed by atoms with Crippen LogP contribution in [-0.4, -0.2) is 29.6 Å². The van der Waals surface area contributed by atoms with Gasteiger partial charge in [0, 0.05) is 21.8 Å². The van der Waals surface area contributed by atoms with Crippen molar-refractivity contribution in [2.45, 2.75) is 33.2 Å². The van der Waals surface area contributed by atoms with E-state index in [0.717, 1.165) is 10.9 Å². The Labute approximate surface area is 184 Å². The van der Waals surface area contributed by atoms with Gasteiger partial charge in [0.25, 0.3) is 11.8 Å². The molecular formula is C21H24BrN3O3S. The van der Waals surface area contributed by atoms with Gasteiger partial charge in [0.05, 0.1) is 12.2 Å². The van der Waals surface area contributed by atoms with Crippen LogP contribution in [0.5, 0.6) is 5.75 Å². The predicted molar refractivity (Wildman–Crippen MR) is 123 cm³/mol. The van der Waals surface area contributed by atoms with Crippen molar-refractivity contribution in [1.82, 2.24) is 10.6 Å². The maximum atomic E-state index is 12.7. The largest absolute Gasteiger partial charge is 0.493 e. The Bertz CT molecular complexity index is 902. The van der Waals surface area contributed by atoms with Crippen molar-refractivity contribution >= 4 is 50.8 Å². The van der Waals surface area contributed by atoms with Crippen molar-refractivity contribution in [1.29, 1.82) is 0 Å². The monoisotopic (exact) mass is 477 g/mol. The van der Waals surface area contributed by atoms with Crippen LogP contribution in [0.2, 0.25) is 0 Å². The van der Waals surface area contributed by atoms with Gasteiger partial charge in [-0.05, 0) is 68.9 Å². The first-order chi connectivity index (χ1) is 13.8. The molecule has 2 aromatic rings. The van der Waals surface area contributed by atoms with E-state index in [2.05, 4.69) is 31.9 Å². The highest BCUT2D eigenvalue weighted by Gasteiger charge is 2.15. The average molecular weight is 478 g/mol. The average Bonchev–Trinajstić information content (AvgIpc) is 2.66. The van der Waals surface area contributed by atoms with E-state index in [-0.39, 0.29) is 23.0 Å². The molecule has 8 heteroatoms. The lowest BCUT2D eigenvalue weighted by atomic mass is 10.1. The van der Waals surface area contributed by atoms with Crippen molar-refractivity contribution in [2.24, 2.45) is 0 Å². The highest BCUT2D eigenvalue weighted by molar-refractivity contribution is 9.10. The van der Waals surface area contributed by atoms with Gasteiger partial charge in [0.1, 0.15) is 5.75 Å². The standard InChI is InChI=1S/C21H24BrN3O3S/c1-4-10-28-18-9-8-15(22)12-17(18)20(27)25-21(29)24-16-7-5-6-14(11-16)19(26)23-13(2)3/h5-9,11-13H,4,10H2,1-3H3,(H,23,26)(H2,24,25,27,29). The predicted octanol–water partition coefficient (Wildman–Crippen LogP) is 4.50. The van der Waals surface area contributed by atoms with Gasteiger partial charge in [-0.1, -0.05) is 28.9 Å². The van der Waals surface area contributed by atoms with E-state index in [1.54, 1.807) is 36.4 Å². The lowest BCUT2D eigenvalue weighted by Gasteiger charge is -2.14. The summed E-state index contributed by atoms with van der Waals surface area (Å²) >= 11 is 8.63. The molecule has 0 unspecified atom stereocenters. The molecule has 0 aliphatic rings. The molecule has 29 heavy (non-hydrogen) atoms. The Morgan fingerprint density at radius 2 is 1.90 bits per heavy atom. The number of nitrogens with one attached hydrogen (secondary N) is 3. The quantitative estimate of drug-likeness (QED) is 0.511. The van der Waals surface area contributed by atoms with E-state index < -0.39 is 0 Å². The summed E-state index contributed by atoms with van der Waals surface area (Å²) in [5, 5.41) is 8.54. The normalized spacial score (nSPS) is 10.4. The molecule has 0 atom stereocenters. The van der Waals surface area contributed by atoms with Gasteiger partial charge in [-0.3, -0.25) is 14.9 Å². The minimum absolute atomic E-state index is 0.0359. The van der Waals surface area contributed by atoms with Crippen LogP contribution in [0.25, 0.3) is 0 Å². The molecule has 0 saturated heterocycles. The van der Waals surface area contributed by atoms with E-state index in [0.29, 0.717) is 29.2 Å². The zero-order valence-electron chi connectivity index (χ0n) is 16.5. The number of anilines is 1. The summed E-state index contributed by atoms with van der Waals surface area (Å²) in [7, 11) is 0. The maximum Gasteiger partial charge on any atom is 0.261 e. The molecule has 0 fully saturated rings. The Hall–Kier alpha value is -2.45. The topological polar surface area (TPSA) is 79.5 Å². The molecule has 0 spiro atoms. The van der Waals surface area contributed by atoms with Crippen molar-refractivity contribution < 1.29 is 14.3 Å². The van der Waals surface area contributed by atoms with Crippen molar-refractivity contribution in [3.05, 3.63) is 58.1 Å². The molecule has 0 bridgehead atoms. The second-order valence-electron chi connectivity index (χ2n) is 6.61. The lowest BCUT2D eigenvalue weighted by Crippen LogP contribution is -2.34. The first-order valence-corrected chi connectivity index (χ1v) is 10.5. The number of ether oxygens (including phenoxy) is 1. The van der Waals surface area contributed by atoms with E-state index >= 15 is 0 Å². The van der Waals surface area contributed by atoms with Crippen LogP contribution in [0.3, 0.4) is 0 Å². The third-order valence-corrected chi connectivity index (χ3v) is 4.37. The second-order valence-corrected chi connectivity index (χ2v) is 7.93. The SMILES string of the molecule is CCCOc1ccc(Br)cc1C(=O)NC(=S)Nc1cccc(C(=O)NC(C)C)c1. The van der Waals surface area contributed by atoms with Crippen LogP contribution in [0.1, 0.15) is 47.9 Å². The molecule has 6 nitrogen and oxygen atoms in total. The Kier molecular flexibility index (Phi) is 8.60. The molecular weight excluding hydrogens is 454 g/mol. The number of carbonyl (C=O) groups excluding carboxylic acids is 2. The number of rotatable bonds is 7. The number of hydrogen-bond donors (Lipinski definition) is 3. The third-order valence-electron chi connectivity index (χ3n) is 3.68. The van der Waals surface area contributed by atoms with Gasteiger partial charge in [-0.15, -0.1) is 0 Å². The van der Waals surface area contributed by atoms with E-state index in [1.807, 2.05) is 26.8 Å². The summed E-state index contributed by atoms with van der Waals surface area (Å²) in [6.07, 6.45) is 0.831. The van der Waals surface area contributed by atoms with Gasteiger partial charge < -0.3 is 15.4 Å². The van der Waals surface area contributed by atoms with E-state index in [4.69, 9.17) is 17.0 Å². The molecule has 0 saturated carbocycles. The zero-order valence-corrected chi connectivity index (χ0v) is 18.9. The van der Waals surface area contributed by atoms with Crippen LogP contribution in [0.4, 0.5) is 5.69 Å². The minimum atomic E-state index is -0.386. The molecule has 0 heterocycles. The summed E-state index contributed by atoms with van der Waals surface area (Å²) in [6.45, 7) is 6.29. The highest BCUT2D eigenvalue weighted by Crippen LogP contribution is 2.23. The van der Waals surface area contributed by atoms with Crippen LogP contribution in [0, 0.1) is 0 Å². The number of hydrogen-bond acceptors (Lipinski definition) is 4. The molecule has 2 aromatic carbocycles. The number of halogens is 1. The summed E-state index contributed by atoms with van der Waals surface area (Å²) in [4.78, 5) is 24.8. The lowest BCUT2D eigenvalue weighted by molar-refractivity contribution is 0.0940. The zero-order chi connectivity index (χ0) is 21.4. The number of amides is 2. The molecule has 2 rings (SSSR count). The van der Waals surface area contributed by atoms with Crippen molar-refractivity contribution in [2.75, 3.05) is 11.9 Å². The maximum absolute atomic E-state index is 12.7. The summed E-state index contributed by atoms with van der Waals surface area (Å²) in [6, 6.07) is 12.2. The van der Waals surface area contributed by atoms with E-state index in [9.17, 15) is 9.59 Å². The number of thiocarbonyl (C=S) groups is 1. The molecule has 0 aromatic heterocycles. The Morgan fingerprint density at radius 1 is 1.14 bits per heavy atom. The van der Waals surface area contributed by atoms with Crippen LogP contribution >= 0.6 is 28.1 Å². The van der Waals surface area contributed by atoms with E-state index in [1.165, 1.54) is 0 Å². The number of benzene rings is 2. The van der Waals surface area contributed by atoms with Crippen LogP contribution in [-0.2, 0) is 0 Å². The molecule has 0 aliphatic carbocycles. The van der Waals surface area contributed by atoms with Crippen LogP contribution in [0.15, 0.2) is 46.9 Å².